The van der Waals surface area contributed by atoms with Crippen molar-refractivity contribution < 1.29 is 9.13 Å². The van der Waals surface area contributed by atoms with Gasteiger partial charge in [0.25, 0.3) is 0 Å². The van der Waals surface area contributed by atoms with Crippen LogP contribution in [0.1, 0.15) is 28.1 Å². The molecule has 2 N–H and O–H groups in total. The van der Waals surface area contributed by atoms with Gasteiger partial charge in [0, 0.05) is 23.7 Å². The second kappa shape index (κ2) is 9.97. The summed E-state index contributed by atoms with van der Waals surface area (Å²) in [4.78, 5) is 14.6. The molecule has 0 saturated heterocycles. The zero-order chi connectivity index (χ0) is 20.6. The van der Waals surface area contributed by atoms with Gasteiger partial charge in [0.05, 0.1) is 18.8 Å². The van der Waals surface area contributed by atoms with E-state index in [0.717, 1.165) is 28.8 Å². The van der Waals surface area contributed by atoms with Gasteiger partial charge in [-0.15, -0.1) is 11.3 Å². The van der Waals surface area contributed by atoms with Crippen molar-refractivity contribution in [2.75, 3.05) is 6.54 Å². The molecule has 2 heterocycles. The maximum Gasteiger partial charge on any atom is 0.219 e. The Balaban J connectivity index is 1.63. The van der Waals surface area contributed by atoms with Gasteiger partial charge in [-0.1, -0.05) is 0 Å². The molecule has 2 aromatic heterocycles. The van der Waals surface area contributed by atoms with Crippen LogP contribution in [0.25, 0.3) is 0 Å². The Bertz CT molecular complexity index is 952. The Kier molecular flexibility index (Phi) is 7.13. The Labute approximate surface area is 173 Å². The first-order valence-corrected chi connectivity index (χ1v) is 10.2. The van der Waals surface area contributed by atoms with E-state index >= 15 is 0 Å². The summed E-state index contributed by atoms with van der Waals surface area (Å²) in [6.45, 7) is 7.97. The van der Waals surface area contributed by atoms with Crippen molar-refractivity contribution in [2.24, 2.45) is 4.99 Å². The number of aromatic nitrogens is 2. The molecule has 0 saturated carbocycles. The van der Waals surface area contributed by atoms with Crippen LogP contribution >= 0.6 is 11.3 Å². The van der Waals surface area contributed by atoms with Gasteiger partial charge in [0.2, 0.25) is 5.88 Å². The second-order valence-electron chi connectivity index (χ2n) is 6.36. The molecule has 0 aliphatic rings. The molecule has 3 rings (SSSR count). The van der Waals surface area contributed by atoms with Crippen molar-refractivity contribution in [3.05, 3.63) is 69.6 Å². The number of halogens is 1. The minimum atomic E-state index is -0.306. The van der Waals surface area contributed by atoms with Crippen LogP contribution in [-0.4, -0.2) is 22.5 Å². The van der Waals surface area contributed by atoms with Gasteiger partial charge >= 0.3 is 0 Å². The quantitative estimate of drug-likeness (QED) is 0.445. The van der Waals surface area contributed by atoms with Crippen molar-refractivity contribution in [1.29, 1.82) is 0 Å². The van der Waals surface area contributed by atoms with Crippen LogP contribution in [0, 0.1) is 19.7 Å². The van der Waals surface area contributed by atoms with Crippen LogP contribution in [0.2, 0.25) is 0 Å². The van der Waals surface area contributed by atoms with Crippen LogP contribution in [0.15, 0.2) is 47.6 Å². The summed E-state index contributed by atoms with van der Waals surface area (Å²) in [6.07, 6.45) is 1.67. The molecule has 6 nitrogen and oxygen atoms in total. The lowest BCUT2D eigenvalue weighted by molar-refractivity contribution is 0.460. The highest BCUT2D eigenvalue weighted by Gasteiger charge is 2.06. The van der Waals surface area contributed by atoms with Crippen LogP contribution in [0.4, 0.5) is 4.39 Å². The van der Waals surface area contributed by atoms with Gasteiger partial charge < -0.3 is 15.4 Å². The lowest BCUT2D eigenvalue weighted by Crippen LogP contribution is -2.36. The first kappa shape index (κ1) is 20.7. The Hall–Kier alpha value is -3.00. The molecule has 152 valence electrons. The SMILES string of the molecule is CCNC(=NCc1ccnc(Oc2ccc(F)cc2)c1)NCc1nc(C)c(C)s1. The number of pyridine rings is 1. The van der Waals surface area contributed by atoms with Crippen molar-refractivity contribution in [1.82, 2.24) is 20.6 Å². The molecular weight excluding hydrogens is 389 g/mol. The Morgan fingerprint density at radius 3 is 2.66 bits per heavy atom. The molecule has 0 spiro atoms. The molecule has 0 radical (unpaired) electrons. The van der Waals surface area contributed by atoms with Crippen molar-refractivity contribution in [3.63, 3.8) is 0 Å². The van der Waals surface area contributed by atoms with Gasteiger partial charge in [0.1, 0.15) is 16.6 Å². The Morgan fingerprint density at radius 2 is 1.97 bits per heavy atom. The monoisotopic (exact) mass is 413 g/mol. The number of benzene rings is 1. The fourth-order valence-corrected chi connectivity index (χ4v) is 3.39. The Morgan fingerprint density at radius 1 is 1.17 bits per heavy atom. The number of ether oxygens (including phenoxy) is 1. The number of aryl methyl sites for hydroxylation is 2. The van der Waals surface area contributed by atoms with Gasteiger partial charge in [-0.25, -0.2) is 19.4 Å². The fourth-order valence-electron chi connectivity index (χ4n) is 2.51. The maximum absolute atomic E-state index is 13.0. The van der Waals surface area contributed by atoms with Crippen LogP contribution in [-0.2, 0) is 13.1 Å². The van der Waals surface area contributed by atoms with E-state index in [9.17, 15) is 4.39 Å². The molecule has 1 aromatic carbocycles. The third-order valence-corrected chi connectivity index (χ3v) is 5.15. The third-order valence-electron chi connectivity index (χ3n) is 4.08. The third kappa shape index (κ3) is 6.25. The van der Waals surface area contributed by atoms with Crippen molar-refractivity contribution in [3.8, 4) is 11.6 Å². The first-order valence-electron chi connectivity index (χ1n) is 9.37. The van der Waals surface area contributed by atoms with E-state index in [1.165, 1.54) is 17.0 Å². The first-order chi connectivity index (χ1) is 14.0. The van der Waals surface area contributed by atoms with Crippen molar-refractivity contribution >= 4 is 17.3 Å². The number of aliphatic imine (C=N–C) groups is 1. The minimum absolute atomic E-state index is 0.306. The fraction of sp³-hybridized carbons (Fsp3) is 0.286. The lowest BCUT2D eigenvalue weighted by atomic mass is 10.2. The molecule has 0 aliphatic heterocycles. The molecule has 0 aliphatic carbocycles. The molecule has 0 unspecified atom stereocenters. The standard InChI is InChI=1S/C21H24FN5OS/c1-4-23-21(26-13-20-27-14(2)15(3)29-20)25-12-16-9-10-24-19(11-16)28-18-7-5-17(22)6-8-18/h5-11H,4,12-13H2,1-3H3,(H2,23,25,26). The average molecular weight is 414 g/mol. The molecule has 0 fully saturated rings. The summed E-state index contributed by atoms with van der Waals surface area (Å²) in [6, 6.07) is 9.54. The molecule has 3 aromatic rings. The average Bonchev–Trinajstić information content (AvgIpc) is 3.04. The number of rotatable bonds is 7. The van der Waals surface area contributed by atoms with Crippen LogP contribution in [0.5, 0.6) is 11.6 Å². The predicted octanol–water partition coefficient (Wildman–Crippen LogP) is 4.34. The molecular formula is C21H24FN5OS. The largest absolute Gasteiger partial charge is 0.439 e. The summed E-state index contributed by atoms with van der Waals surface area (Å²) in [5.74, 6) is 1.38. The second-order valence-corrected chi connectivity index (χ2v) is 7.64. The molecule has 0 atom stereocenters. The minimum Gasteiger partial charge on any atom is -0.439 e. The highest BCUT2D eigenvalue weighted by molar-refractivity contribution is 7.11. The highest BCUT2D eigenvalue weighted by Crippen LogP contribution is 2.20. The summed E-state index contributed by atoms with van der Waals surface area (Å²) in [5, 5.41) is 7.58. The topological polar surface area (TPSA) is 71.4 Å². The maximum atomic E-state index is 13.0. The van der Waals surface area contributed by atoms with Crippen molar-refractivity contribution in [2.45, 2.75) is 33.9 Å². The van der Waals surface area contributed by atoms with E-state index in [-0.39, 0.29) is 5.82 Å². The van der Waals surface area contributed by atoms with E-state index in [4.69, 9.17) is 4.74 Å². The summed E-state index contributed by atoms with van der Waals surface area (Å²) in [7, 11) is 0. The molecule has 8 heteroatoms. The highest BCUT2D eigenvalue weighted by atomic mass is 32.1. The summed E-state index contributed by atoms with van der Waals surface area (Å²) < 4.78 is 18.7. The van der Waals surface area contributed by atoms with Gasteiger partial charge in [-0.05, 0) is 56.7 Å². The van der Waals surface area contributed by atoms with Crippen LogP contribution < -0.4 is 15.4 Å². The molecule has 0 bridgehead atoms. The molecule has 0 amide bonds. The number of guanidine groups is 1. The number of hydrogen-bond donors (Lipinski definition) is 2. The zero-order valence-electron chi connectivity index (χ0n) is 16.7. The van der Waals surface area contributed by atoms with E-state index in [1.807, 2.05) is 26.0 Å². The summed E-state index contributed by atoms with van der Waals surface area (Å²) >= 11 is 1.69. The van der Waals surface area contributed by atoms with E-state index in [1.54, 1.807) is 29.7 Å². The number of nitrogens with one attached hydrogen (secondary N) is 2. The normalized spacial score (nSPS) is 11.4. The van der Waals surface area contributed by atoms with Crippen LogP contribution in [0.3, 0.4) is 0 Å². The zero-order valence-corrected chi connectivity index (χ0v) is 17.5. The summed E-state index contributed by atoms with van der Waals surface area (Å²) in [5.41, 5.74) is 2.02. The van der Waals surface area contributed by atoms with Gasteiger partial charge in [-0.3, -0.25) is 0 Å². The predicted molar refractivity (Wildman–Crippen MR) is 114 cm³/mol. The number of hydrogen-bond acceptors (Lipinski definition) is 5. The van der Waals surface area contributed by atoms with E-state index < -0.39 is 0 Å². The number of nitrogens with zero attached hydrogens (tertiary/aromatic N) is 3. The van der Waals surface area contributed by atoms with Gasteiger partial charge in [0.15, 0.2) is 5.96 Å². The van der Waals surface area contributed by atoms with Gasteiger partial charge in [-0.2, -0.15) is 0 Å². The van der Waals surface area contributed by atoms with E-state index in [2.05, 4.69) is 32.5 Å². The number of thiazole rings is 1. The molecule has 29 heavy (non-hydrogen) atoms. The smallest absolute Gasteiger partial charge is 0.219 e. The van der Waals surface area contributed by atoms with E-state index in [0.29, 0.717) is 24.7 Å². The lowest BCUT2D eigenvalue weighted by Gasteiger charge is -2.10.